The molecule has 1 aromatic rings. The van der Waals surface area contributed by atoms with Crippen molar-refractivity contribution in [3.05, 3.63) is 35.4 Å². The van der Waals surface area contributed by atoms with Crippen LogP contribution in [0.4, 0.5) is 8.78 Å². The Morgan fingerprint density at radius 3 is 2.28 bits per heavy atom. The first-order valence-corrected chi connectivity index (χ1v) is 12.1. The Morgan fingerprint density at radius 2 is 1.75 bits per heavy atom. The van der Waals surface area contributed by atoms with Crippen LogP contribution < -0.4 is 0 Å². The highest BCUT2D eigenvalue weighted by molar-refractivity contribution is 5.81. The van der Waals surface area contributed by atoms with E-state index in [2.05, 4.69) is 32.6 Å². The van der Waals surface area contributed by atoms with E-state index in [1.165, 1.54) is 12.1 Å². The summed E-state index contributed by atoms with van der Waals surface area (Å²) in [4.78, 5) is 17.9. The van der Waals surface area contributed by atoms with Crippen LogP contribution in [0.5, 0.6) is 0 Å². The van der Waals surface area contributed by atoms with E-state index in [1.807, 2.05) is 18.7 Å². The first kappa shape index (κ1) is 25.1. The summed E-state index contributed by atoms with van der Waals surface area (Å²) in [5, 5.41) is 11.3. The largest absolute Gasteiger partial charge is 0.389 e. The Bertz CT molecular complexity index is 811. The van der Waals surface area contributed by atoms with Gasteiger partial charge in [-0.1, -0.05) is 39.7 Å². The summed E-state index contributed by atoms with van der Waals surface area (Å²) in [5.41, 5.74) is -0.510. The minimum absolute atomic E-state index is 0.0155. The van der Waals surface area contributed by atoms with Gasteiger partial charge in [0.1, 0.15) is 11.6 Å². The van der Waals surface area contributed by atoms with Crippen LogP contribution in [0, 0.1) is 29.4 Å². The fraction of sp³-hybridized carbons (Fsp3) is 0.731. The van der Waals surface area contributed by atoms with Gasteiger partial charge in [-0.05, 0) is 38.8 Å². The lowest BCUT2D eigenvalue weighted by Crippen LogP contribution is -2.58. The molecule has 3 rings (SSSR count). The normalized spacial score (nSPS) is 31.8. The number of carbonyl (C=O) groups is 1. The van der Waals surface area contributed by atoms with Gasteiger partial charge >= 0.3 is 0 Å². The fourth-order valence-corrected chi connectivity index (χ4v) is 5.62. The number of hydrogen-bond acceptors (Lipinski definition) is 3. The van der Waals surface area contributed by atoms with Gasteiger partial charge in [-0.3, -0.25) is 9.69 Å². The SMILES string of the molecule is CCCCC1(O)[C@H](C)CN(C(=O)[C@@H]2CN(C(C)(C)C)C[C@H]2c2ccc(F)cc2F)C[C@@H]1C. The molecular weight excluding hydrogens is 410 g/mol. The molecule has 0 spiro atoms. The molecule has 2 aliphatic heterocycles. The van der Waals surface area contributed by atoms with Gasteiger partial charge in [-0.15, -0.1) is 0 Å². The molecule has 32 heavy (non-hydrogen) atoms. The maximum atomic E-state index is 14.7. The lowest BCUT2D eigenvalue weighted by molar-refractivity contribution is -0.152. The number of likely N-dealkylation sites (tertiary alicyclic amines) is 2. The molecule has 0 bridgehead atoms. The minimum atomic E-state index is -0.762. The summed E-state index contributed by atoms with van der Waals surface area (Å²) in [6, 6.07) is 3.68. The Labute approximate surface area is 192 Å². The van der Waals surface area contributed by atoms with Crippen LogP contribution in [0.15, 0.2) is 18.2 Å². The van der Waals surface area contributed by atoms with Gasteiger partial charge in [0, 0.05) is 55.5 Å². The smallest absolute Gasteiger partial charge is 0.227 e. The molecule has 2 saturated heterocycles. The predicted octanol–water partition coefficient (Wildman–Crippen LogP) is 4.81. The second-order valence-corrected chi connectivity index (χ2v) is 11.1. The highest BCUT2D eigenvalue weighted by Crippen LogP contribution is 2.41. The molecule has 2 aliphatic rings. The highest BCUT2D eigenvalue weighted by atomic mass is 19.1. The lowest BCUT2D eigenvalue weighted by Gasteiger charge is -2.48. The standard InChI is InChI=1S/C26H40F2N2O2/c1-7-8-11-26(32)17(2)13-29(14-18(26)3)24(31)22-16-30(25(4,5)6)15-21(22)20-10-9-19(27)12-23(20)28/h9-10,12,17-18,21-22,32H,7-8,11,13-16H2,1-6H3/t17-,18+,21-,22+,26?/m0/s1. The maximum absolute atomic E-state index is 14.7. The molecule has 0 saturated carbocycles. The number of hydrogen-bond donors (Lipinski definition) is 1. The number of nitrogens with zero attached hydrogens (tertiary/aromatic N) is 2. The van der Waals surface area contributed by atoms with E-state index < -0.39 is 23.2 Å². The van der Waals surface area contributed by atoms with Gasteiger partial charge < -0.3 is 10.0 Å². The number of halogens is 2. The van der Waals surface area contributed by atoms with Gasteiger partial charge in [0.2, 0.25) is 5.91 Å². The zero-order valence-electron chi connectivity index (χ0n) is 20.5. The van der Waals surface area contributed by atoms with Crippen molar-refractivity contribution in [2.24, 2.45) is 17.8 Å². The molecular formula is C26H40F2N2O2. The van der Waals surface area contributed by atoms with E-state index in [9.17, 15) is 18.7 Å². The van der Waals surface area contributed by atoms with Crippen LogP contribution in [0.25, 0.3) is 0 Å². The third kappa shape index (κ3) is 4.86. The quantitative estimate of drug-likeness (QED) is 0.700. The van der Waals surface area contributed by atoms with Gasteiger partial charge in [0.05, 0.1) is 11.5 Å². The first-order chi connectivity index (χ1) is 14.9. The summed E-state index contributed by atoms with van der Waals surface area (Å²) < 4.78 is 28.3. The topological polar surface area (TPSA) is 43.8 Å². The molecule has 1 aromatic carbocycles. The number of piperidine rings is 1. The van der Waals surface area contributed by atoms with Gasteiger partial charge in [0.25, 0.3) is 0 Å². The van der Waals surface area contributed by atoms with E-state index in [4.69, 9.17) is 0 Å². The van der Waals surface area contributed by atoms with Crippen molar-refractivity contribution in [2.75, 3.05) is 26.2 Å². The molecule has 0 aromatic heterocycles. The second kappa shape index (κ2) is 9.38. The number of benzene rings is 1. The Kier molecular flexibility index (Phi) is 7.36. The maximum Gasteiger partial charge on any atom is 0.227 e. The van der Waals surface area contributed by atoms with Crippen molar-refractivity contribution in [3.8, 4) is 0 Å². The second-order valence-electron chi connectivity index (χ2n) is 11.1. The van der Waals surface area contributed by atoms with Crippen LogP contribution in [0.1, 0.15) is 72.3 Å². The Hall–Kier alpha value is -1.53. The highest BCUT2D eigenvalue weighted by Gasteiger charge is 2.49. The van der Waals surface area contributed by atoms with Crippen molar-refractivity contribution in [1.82, 2.24) is 9.80 Å². The Morgan fingerprint density at radius 1 is 1.12 bits per heavy atom. The number of amides is 1. The number of unbranched alkanes of at least 4 members (excludes halogenated alkanes) is 1. The molecule has 0 aliphatic carbocycles. The average Bonchev–Trinajstić information content (AvgIpc) is 3.15. The summed E-state index contributed by atoms with van der Waals surface area (Å²) in [6.45, 7) is 14.6. The summed E-state index contributed by atoms with van der Waals surface area (Å²) in [7, 11) is 0. The van der Waals surface area contributed by atoms with Gasteiger partial charge in [-0.25, -0.2) is 8.78 Å². The molecule has 4 nitrogen and oxygen atoms in total. The third-order valence-electron chi connectivity index (χ3n) is 7.89. The Balaban J connectivity index is 1.86. The molecule has 2 fully saturated rings. The minimum Gasteiger partial charge on any atom is -0.389 e. The van der Waals surface area contributed by atoms with Crippen LogP contribution in [-0.2, 0) is 4.79 Å². The zero-order chi connectivity index (χ0) is 23.8. The summed E-state index contributed by atoms with van der Waals surface area (Å²) in [5.74, 6) is -1.94. The molecule has 6 heteroatoms. The van der Waals surface area contributed by atoms with Crippen LogP contribution >= 0.6 is 0 Å². The molecule has 1 N–H and O–H groups in total. The molecule has 180 valence electrons. The number of carbonyl (C=O) groups excluding carboxylic acids is 1. The third-order valence-corrected chi connectivity index (χ3v) is 7.89. The first-order valence-electron chi connectivity index (χ1n) is 12.1. The predicted molar refractivity (Wildman–Crippen MR) is 123 cm³/mol. The van der Waals surface area contributed by atoms with Crippen molar-refractivity contribution < 1.29 is 18.7 Å². The van der Waals surface area contributed by atoms with E-state index in [-0.39, 0.29) is 29.2 Å². The number of rotatable bonds is 5. The molecule has 1 amide bonds. The zero-order valence-corrected chi connectivity index (χ0v) is 20.5. The van der Waals surface area contributed by atoms with Gasteiger partial charge in [0.15, 0.2) is 0 Å². The van der Waals surface area contributed by atoms with E-state index in [1.54, 1.807) is 0 Å². The molecule has 5 atom stereocenters. The van der Waals surface area contributed by atoms with Crippen LogP contribution in [0.3, 0.4) is 0 Å². The van der Waals surface area contributed by atoms with Crippen molar-refractivity contribution in [2.45, 2.75) is 77.9 Å². The van der Waals surface area contributed by atoms with Crippen molar-refractivity contribution in [1.29, 1.82) is 0 Å². The molecule has 1 unspecified atom stereocenters. The number of aliphatic hydroxyl groups is 1. The monoisotopic (exact) mass is 450 g/mol. The van der Waals surface area contributed by atoms with Crippen molar-refractivity contribution in [3.63, 3.8) is 0 Å². The van der Waals surface area contributed by atoms with Crippen molar-refractivity contribution >= 4 is 5.91 Å². The van der Waals surface area contributed by atoms with Crippen LogP contribution in [0.2, 0.25) is 0 Å². The summed E-state index contributed by atoms with van der Waals surface area (Å²) in [6.07, 6.45) is 2.74. The van der Waals surface area contributed by atoms with Gasteiger partial charge in [-0.2, -0.15) is 0 Å². The van der Waals surface area contributed by atoms with E-state index in [0.717, 1.165) is 25.3 Å². The van der Waals surface area contributed by atoms with Crippen LogP contribution in [-0.4, -0.2) is 58.1 Å². The lowest BCUT2D eigenvalue weighted by atomic mass is 9.72. The van der Waals surface area contributed by atoms with E-state index in [0.29, 0.717) is 31.7 Å². The molecule has 0 radical (unpaired) electrons. The fourth-order valence-electron chi connectivity index (χ4n) is 5.62. The summed E-state index contributed by atoms with van der Waals surface area (Å²) >= 11 is 0. The molecule has 2 heterocycles. The van der Waals surface area contributed by atoms with E-state index >= 15 is 0 Å². The average molecular weight is 451 g/mol.